The van der Waals surface area contributed by atoms with E-state index in [1.807, 2.05) is 0 Å². The molecule has 0 unspecified atom stereocenters. The molecule has 1 aliphatic carbocycles. The minimum absolute atomic E-state index is 0.176. The smallest absolute Gasteiger partial charge is 0.252 e. The van der Waals surface area contributed by atoms with Crippen molar-refractivity contribution in [3.63, 3.8) is 0 Å². The van der Waals surface area contributed by atoms with Crippen molar-refractivity contribution < 1.29 is 12.8 Å². The van der Waals surface area contributed by atoms with Gasteiger partial charge in [0, 0.05) is 24.9 Å². The minimum Gasteiger partial charge on any atom is -0.425 e. The molecule has 6 nitrogen and oxygen atoms in total. The monoisotopic (exact) mass is 339 g/mol. The number of piperidine rings is 1. The maximum absolute atomic E-state index is 12.5. The molecule has 0 aromatic carbocycles. The average Bonchev–Trinajstić information content (AvgIpc) is 3.06. The van der Waals surface area contributed by atoms with Gasteiger partial charge in [-0.25, -0.2) is 8.42 Å². The van der Waals surface area contributed by atoms with Crippen LogP contribution in [0, 0.1) is 0 Å². The third-order valence-corrected chi connectivity index (χ3v) is 7.55. The fraction of sp³-hybridized carbons (Fsp3) is 0.571. The lowest BCUT2D eigenvalue weighted by Gasteiger charge is -2.29. The standard InChI is InChI=1S/C14H17N3O3S2/c18-22(19,12-2-1-9-21-12)17-7-5-11(6-8-17)14-16-15-13(20-14)10-3-4-10/h1-2,9-11H,3-8H2. The highest BCUT2D eigenvalue weighted by Gasteiger charge is 2.34. The van der Waals surface area contributed by atoms with E-state index in [0.717, 1.165) is 31.6 Å². The summed E-state index contributed by atoms with van der Waals surface area (Å²) in [5.74, 6) is 2.06. The van der Waals surface area contributed by atoms with Gasteiger partial charge in [0.1, 0.15) is 4.21 Å². The fourth-order valence-corrected chi connectivity index (χ4v) is 5.40. The highest BCUT2D eigenvalue weighted by Crippen LogP contribution is 2.40. The lowest BCUT2D eigenvalue weighted by Crippen LogP contribution is -2.37. The zero-order valence-electron chi connectivity index (χ0n) is 12.0. The molecule has 3 heterocycles. The Bertz CT molecular complexity index is 742. The van der Waals surface area contributed by atoms with Crippen LogP contribution in [0.4, 0.5) is 0 Å². The van der Waals surface area contributed by atoms with Gasteiger partial charge in [-0.2, -0.15) is 4.31 Å². The molecular formula is C14H17N3O3S2. The lowest BCUT2D eigenvalue weighted by molar-refractivity contribution is 0.287. The molecule has 2 aromatic heterocycles. The van der Waals surface area contributed by atoms with Crippen molar-refractivity contribution in [1.82, 2.24) is 14.5 Å². The maximum atomic E-state index is 12.5. The van der Waals surface area contributed by atoms with E-state index in [4.69, 9.17) is 4.42 Å². The van der Waals surface area contributed by atoms with Crippen LogP contribution in [0.25, 0.3) is 0 Å². The molecule has 0 spiro atoms. The summed E-state index contributed by atoms with van der Waals surface area (Å²) >= 11 is 1.26. The third-order valence-electron chi connectivity index (χ3n) is 4.28. The molecule has 22 heavy (non-hydrogen) atoms. The van der Waals surface area contributed by atoms with Crippen molar-refractivity contribution in [2.24, 2.45) is 0 Å². The normalized spacial score (nSPS) is 21.3. The van der Waals surface area contributed by atoms with Gasteiger partial charge in [0.05, 0.1) is 0 Å². The van der Waals surface area contributed by atoms with Crippen LogP contribution in [0.15, 0.2) is 26.1 Å². The summed E-state index contributed by atoms with van der Waals surface area (Å²) in [5.41, 5.74) is 0. The molecule has 8 heteroatoms. The van der Waals surface area contributed by atoms with Gasteiger partial charge in [-0.1, -0.05) is 6.07 Å². The first-order valence-electron chi connectivity index (χ1n) is 7.51. The van der Waals surface area contributed by atoms with E-state index in [-0.39, 0.29) is 5.92 Å². The summed E-state index contributed by atoms with van der Waals surface area (Å²) in [4.78, 5) is 0. The first-order valence-corrected chi connectivity index (χ1v) is 9.83. The van der Waals surface area contributed by atoms with Crippen LogP contribution in [0.1, 0.15) is 49.3 Å². The molecule has 4 rings (SSSR count). The first-order chi connectivity index (χ1) is 10.6. The summed E-state index contributed by atoms with van der Waals surface area (Å²) in [5, 5.41) is 10.1. The van der Waals surface area contributed by atoms with Gasteiger partial charge < -0.3 is 4.42 Å². The Labute approximate surface area is 133 Å². The first kappa shape index (κ1) is 14.3. The lowest BCUT2D eigenvalue weighted by atomic mass is 9.98. The number of hydrogen-bond acceptors (Lipinski definition) is 6. The van der Waals surface area contributed by atoms with E-state index >= 15 is 0 Å². The SMILES string of the molecule is O=S(=O)(c1cccs1)N1CCC(c2nnc(C3CC3)o2)CC1. The van der Waals surface area contributed by atoms with Gasteiger partial charge in [-0.05, 0) is 37.1 Å². The van der Waals surface area contributed by atoms with E-state index < -0.39 is 10.0 Å². The maximum Gasteiger partial charge on any atom is 0.252 e. The Morgan fingerprint density at radius 3 is 2.27 bits per heavy atom. The van der Waals surface area contributed by atoms with E-state index in [0.29, 0.717) is 29.1 Å². The highest BCUT2D eigenvalue weighted by molar-refractivity contribution is 7.91. The fourth-order valence-electron chi connectivity index (χ4n) is 2.79. The Morgan fingerprint density at radius 2 is 1.73 bits per heavy atom. The van der Waals surface area contributed by atoms with Gasteiger partial charge >= 0.3 is 0 Å². The Hall–Kier alpha value is -1.25. The third kappa shape index (κ3) is 2.59. The summed E-state index contributed by atoms with van der Waals surface area (Å²) in [6.45, 7) is 1.01. The topological polar surface area (TPSA) is 76.3 Å². The second-order valence-corrected chi connectivity index (χ2v) is 8.98. The molecular weight excluding hydrogens is 322 g/mol. The number of rotatable bonds is 4. The second kappa shape index (κ2) is 5.43. The Balaban J connectivity index is 1.43. The molecule has 2 fully saturated rings. The van der Waals surface area contributed by atoms with Crippen molar-refractivity contribution >= 4 is 21.4 Å². The predicted molar refractivity (Wildman–Crippen MR) is 81.3 cm³/mol. The van der Waals surface area contributed by atoms with E-state index in [1.165, 1.54) is 11.3 Å². The molecule has 2 aliphatic rings. The highest BCUT2D eigenvalue weighted by atomic mass is 32.2. The molecule has 0 radical (unpaired) electrons. The zero-order chi connectivity index (χ0) is 15.2. The molecule has 0 atom stereocenters. The van der Waals surface area contributed by atoms with Crippen LogP contribution < -0.4 is 0 Å². The molecule has 2 aromatic rings. The quantitative estimate of drug-likeness (QED) is 0.856. The van der Waals surface area contributed by atoms with Gasteiger partial charge in [-0.3, -0.25) is 0 Å². The van der Waals surface area contributed by atoms with Crippen molar-refractivity contribution in [2.75, 3.05) is 13.1 Å². The van der Waals surface area contributed by atoms with Crippen LogP contribution in [-0.4, -0.2) is 36.0 Å². The van der Waals surface area contributed by atoms with Crippen molar-refractivity contribution in [3.8, 4) is 0 Å². The molecule has 118 valence electrons. The zero-order valence-corrected chi connectivity index (χ0v) is 13.6. The number of hydrogen-bond donors (Lipinski definition) is 0. The van der Waals surface area contributed by atoms with Gasteiger partial charge in [0.15, 0.2) is 0 Å². The number of nitrogens with zero attached hydrogens (tertiary/aromatic N) is 3. The van der Waals surface area contributed by atoms with Crippen LogP contribution >= 0.6 is 11.3 Å². The number of aromatic nitrogens is 2. The van der Waals surface area contributed by atoms with Gasteiger partial charge in [0.25, 0.3) is 10.0 Å². The van der Waals surface area contributed by atoms with E-state index in [9.17, 15) is 8.42 Å². The van der Waals surface area contributed by atoms with Gasteiger partial charge in [-0.15, -0.1) is 21.5 Å². The average molecular weight is 339 g/mol. The minimum atomic E-state index is -3.34. The summed E-state index contributed by atoms with van der Waals surface area (Å²) in [7, 11) is -3.34. The molecule has 0 amide bonds. The summed E-state index contributed by atoms with van der Waals surface area (Å²) in [6, 6.07) is 3.42. The largest absolute Gasteiger partial charge is 0.425 e. The van der Waals surface area contributed by atoms with Crippen molar-refractivity contribution in [1.29, 1.82) is 0 Å². The summed E-state index contributed by atoms with van der Waals surface area (Å²) in [6.07, 6.45) is 3.74. The Morgan fingerprint density at radius 1 is 1.09 bits per heavy atom. The molecule has 0 N–H and O–H groups in total. The van der Waals surface area contributed by atoms with Crippen LogP contribution in [0.3, 0.4) is 0 Å². The molecule has 0 bridgehead atoms. The second-order valence-electron chi connectivity index (χ2n) is 5.86. The van der Waals surface area contributed by atoms with E-state index in [2.05, 4.69) is 10.2 Å². The van der Waals surface area contributed by atoms with Crippen LogP contribution in [-0.2, 0) is 10.0 Å². The van der Waals surface area contributed by atoms with Crippen LogP contribution in [0.2, 0.25) is 0 Å². The number of sulfonamides is 1. The molecule has 1 saturated heterocycles. The van der Waals surface area contributed by atoms with Gasteiger partial charge in [0.2, 0.25) is 11.8 Å². The number of thiophene rings is 1. The predicted octanol–water partition coefficient (Wildman–Crippen LogP) is 2.58. The van der Waals surface area contributed by atoms with Crippen molar-refractivity contribution in [3.05, 3.63) is 29.3 Å². The van der Waals surface area contributed by atoms with E-state index in [1.54, 1.807) is 21.8 Å². The molecule has 1 aliphatic heterocycles. The van der Waals surface area contributed by atoms with Crippen molar-refractivity contribution in [2.45, 2.75) is 41.7 Å². The molecule has 1 saturated carbocycles. The van der Waals surface area contributed by atoms with Crippen LogP contribution in [0.5, 0.6) is 0 Å². The summed E-state index contributed by atoms with van der Waals surface area (Å²) < 4.78 is 32.7. The Kier molecular flexibility index (Phi) is 3.54.